The third-order valence-electron chi connectivity index (χ3n) is 8.43. The van der Waals surface area contributed by atoms with Crippen LogP contribution in [0.2, 0.25) is 0 Å². The molecule has 5 aliphatic rings. The maximum atomic E-state index is 15.3. The number of hydrogen-bond donors (Lipinski definition) is 2. The topological polar surface area (TPSA) is 70.4 Å². The molecule has 1 aromatic rings. The second-order valence-electron chi connectivity index (χ2n) is 10.7. The largest absolute Gasteiger partial charge is 0.390 e. The van der Waals surface area contributed by atoms with E-state index in [2.05, 4.69) is 10.4 Å². The van der Waals surface area contributed by atoms with Crippen molar-refractivity contribution in [1.82, 2.24) is 15.1 Å². The summed E-state index contributed by atoms with van der Waals surface area (Å²) in [4.78, 5) is 15.0. The molecule has 2 unspecified atom stereocenters. The fourth-order valence-electron chi connectivity index (χ4n) is 7.35. The van der Waals surface area contributed by atoms with Crippen LogP contribution >= 0.6 is 0 Å². The lowest BCUT2D eigenvalue weighted by molar-refractivity contribution is -0.151. The van der Waals surface area contributed by atoms with E-state index in [9.17, 15) is 9.90 Å². The number of nitrogens with zero attached hydrogens (tertiary/aromatic N) is 3. The molecular weight excluding hydrogens is 383 g/mol. The van der Waals surface area contributed by atoms with Crippen molar-refractivity contribution < 1.29 is 14.3 Å². The quantitative estimate of drug-likeness (QED) is 0.695. The van der Waals surface area contributed by atoms with Gasteiger partial charge in [-0.2, -0.15) is 5.10 Å². The van der Waals surface area contributed by atoms with Crippen LogP contribution in [0.3, 0.4) is 0 Å². The highest BCUT2D eigenvalue weighted by atomic mass is 19.1. The van der Waals surface area contributed by atoms with Gasteiger partial charge in [-0.15, -0.1) is 0 Å². The molecule has 6 rings (SSSR count). The number of halogens is 1. The minimum Gasteiger partial charge on any atom is -0.390 e. The van der Waals surface area contributed by atoms with Gasteiger partial charge in [-0.1, -0.05) is 0 Å². The number of aliphatic hydroxyl groups is 1. The fraction of sp³-hybridized carbons (Fsp3) is 0.826. The second kappa shape index (κ2) is 7.59. The summed E-state index contributed by atoms with van der Waals surface area (Å²) >= 11 is 0. The Labute approximate surface area is 178 Å². The van der Waals surface area contributed by atoms with Crippen LogP contribution in [-0.4, -0.2) is 53.0 Å². The first-order valence-corrected chi connectivity index (χ1v) is 11.7. The fourth-order valence-corrected chi connectivity index (χ4v) is 7.35. The van der Waals surface area contributed by atoms with Crippen molar-refractivity contribution in [1.29, 1.82) is 0 Å². The number of hydrogen-bond acceptors (Lipinski definition) is 5. The van der Waals surface area contributed by atoms with Gasteiger partial charge in [0, 0.05) is 27.1 Å². The Morgan fingerprint density at radius 1 is 1.27 bits per heavy atom. The standard InChI is InChI=1S/C23H35FN4O2/c1-27(13-14-3-5-25-6-4-14)22-20(24)21(26-28(22)2)19(29)9-18-16-7-15-8-17(18)12-23(30,10-15)11-16/h14-18,25,30H,3-13H2,1-2H3. The number of aromatic nitrogens is 2. The van der Waals surface area contributed by atoms with Gasteiger partial charge in [0.05, 0.1) is 5.60 Å². The van der Waals surface area contributed by atoms with Gasteiger partial charge >= 0.3 is 0 Å². The normalized spacial score (nSPS) is 35.7. The van der Waals surface area contributed by atoms with Crippen molar-refractivity contribution >= 4 is 11.6 Å². The molecule has 1 saturated heterocycles. The van der Waals surface area contributed by atoms with E-state index >= 15 is 4.39 Å². The van der Waals surface area contributed by atoms with E-state index in [1.165, 1.54) is 4.68 Å². The maximum Gasteiger partial charge on any atom is 0.196 e. The summed E-state index contributed by atoms with van der Waals surface area (Å²) in [7, 11) is 3.63. The zero-order valence-electron chi connectivity index (χ0n) is 18.2. The molecule has 0 radical (unpaired) electrons. The second-order valence-corrected chi connectivity index (χ2v) is 10.7. The van der Waals surface area contributed by atoms with Gasteiger partial charge in [0.1, 0.15) is 0 Å². The highest BCUT2D eigenvalue weighted by Crippen LogP contribution is 2.59. The molecule has 0 aromatic carbocycles. The summed E-state index contributed by atoms with van der Waals surface area (Å²) in [6.07, 6.45) is 7.34. The average molecular weight is 419 g/mol. The number of piperidine rings is 1. The Morgan fingerprint density at radius 3 is 2.57 bits per heavy atom. The number of ketones is 1. The van der Waals surface area contributed by atoms with Crippen LogP contribution in [-0.2, 0) is 7.05 Å². The Morgan fingerprint density at radius 2 is 1.93 bits per heavy atom. The Kier molecular flexibility index (Phi) is 5.17. The molecule has 30 heavy (non-hydrogen) atoms. The van der Waals surface area contributed by atoms with E-state index < -0.39 is 11.4 Å². The van der Waals surface area contributed by atoms with Crippen molar-refractivity contribution in [2.75, 3.05) is 31.6 Å². The van der Waals surface area contributed by atoms with Gasteiger partial charge in [-0.3, -0.25) is 4.79 Å². The van der Waals surface area contributed by atoms with E-state index in [1.54, 1.807) is 7.05 Å². The van der Waals surface area contributed by atoms with Gasteiger partial charge in [0.15, 0.2) is 23.1 Å². The van der Waals surface area contributed by atoms with Gasteiger partial charge in [0.2, 0.25) is 0 Å². The number of carbonyl (C=O) groups is 1. The summed E-state index contributed by atoms with van der Waals surface area (Å²) in [5.74, 6) is 1.99. The predicted molar refractivity (Wildman–Crippen MR) is 113 cm³/mol. The van der Waals surface area contributed by atoms with Crippen molar-refractivity contribution in [3.63, 3.8) is 0 Å². The third kappa shape index (κ3) is 3.58. The molecule has 4 aliphatic carbocycles. The smallest absolute Gasteiger partial charge is 0.196 e. The molecule has 4 saturated carbocycles. The first kappa shape index (κ1) is 20.4. The molecule has 4 bridgehead atoms. The van der Waals surface area contributed by atoms with E-state index in [0.29, 0.717) is 35.9 Å². The van der Waals surface area contributed by atoms with Crippen LogP contribution in [0, 0.1) is 35.4 Å². The van der Waals surface area contributed by atoms with E-state index in [-0.39, 0.29) is 17.4 Å². The minimum absolute atomic E-state index is 0.00261. The van der Waals surface area contributed by atoms with Crippen LogP contribution in [0.1, 0.15) is 61.9 Å². The molecule has 2 heterocycles. The molecular formula is C23H35FN4O2. The molecule has 5 fully saturated rings. The highest BCUT2D eigenvalue weighted by molar-refractivity contribution is 5.95. The summed E-state index contributed by atoms with van der Waals surface area (Å²) in [5.41, 5.74) is -0.506. The zero-order chi connectivity index (χ0) is 21.0. The van der Waals surface area contributed by atoms with Crippen LogP contribution in [0.4, 0.5) is 10.2 Å². The molecule has 1 aliphatic heterocycles. The summed E-state index contributed by atoms with van der Waals surface area (Å²) in [6, 6.07) is 0. The zero-order valence-corrected chi connectivity index (χ0v) is 18.2. The molecule has 1 aromatic heterocycles. The summed E-state index contributed by atoms with van der Waals surface area (Å²) in [6.45, 7) is 2.80. The first-order valence-electron chi connectivity index (χ1n) is 11.7. The SMILES string of the molecule is CN(CC1CCNCC1)c1c(F)c(C(=O)CC2C3CC4CC2CC(O)(C4)C3)nn1C. The van der Waals surface area contributed by atoms with E-state index in [4.69, 9.17) is 0 Å². The van der Waals surface area contributed by atoms with Crippen molar-refractivity contribution in [3.05, 3.63) is 11.5 Å². The van der Waals surface area contributed by atoms with E-state index in [0.717, 1.165) is 64.6 Å². The number of aryl methyl sites for hydroxylation is 1. The molecule has 7 heteroatoms. The molecule has 166 valence electrons. The van der Waals surface area contributed by atoms with Gasteiger partial charge in [0.25, 0.3) is 0 Å². The van der Waals surface area contributed by atoms with E-state index in [1.807, 2.05) is 11.9 Å². The number of nitrogens with one attached hydrogen (secondary N) is 1. The summed E-state index contributed by atoms with van der Waals surface area (Å²) < 4.78 is 16.9. The Balaban J connectivity index is 1.29. The third-order valence-corrected chi connectivity index (χ3v) is 8.43. The lowest BCUT2D eigenvalue weighted by Crippen LogP contribution is -2.54. The van der Waals surface area contributed by atoms with Crippen LogP contribution in [0.5, 0.6) is 0 Å². The van der Waals surface area contributed by atoms with Gasteiger partial charge in [-0.25, -0.2) is 9.07 Å². The molecule has 2 N–H and O–H groups in total. The predicted octanol–water partition coefficient (Wildman–Crippen LogP) is 2.76. The van der Waals surface area contributed by atoms with Crippen molar-refractivity contribution in [2.45, 2.75) is 57.0 Å². The number of Topliss-reactive ketones (excluding diaryl/α,β-unsaturated/α-hetero) is 1. The maximum absolute atomic E-state index is 15.3. The minimum atomic E-state index is -0.503. The summed E-state index contributed by atoms with van der Waals surface area (Å²) in [5, 5.41) is 18.5. The van der Waals surface area contributed by atoms with Crippen LogP contribution < -0.4 is 10.2 Å². The van der Waals surface area contributed by atoms with Crippen LogP contribution in [0.15, 0.2) is 0 Å². The van der Waals surface area contributed by atoms with Gasteiger partial charge < -0.3 is 15.3 Å². The Bertz CT molecular complexity index is 802. The number of carbonyl (C=O) groups excluding carboxylic acids is 1. The average Bonchev–Trinajstić information content (AvgIpc) is 2.98. The monoisotopic (exact) mass is 418 g/mol. The van der Waals surface area contributed by atoms with Crippen molar-refractivity contribution in [3.8, 4) is 0 Å². The molecule has 0 amide bonds. The lowest BCUT2D eigenvalue weighted by atomic mass is 9.49. The van der Waals surface area contributed by atoms with Crippen molar-refractivity contribution in [2.24, 2.45) is 36.6 Å². The first-order chi connectivity index (χ1) is 14.3. The molecule has 2 atom stereocenters. The van der Waals surface area contributed by atoms with Gasteiger partial charge in [-0.05, 0) is 87.6 Å². The Hall–Kier alpha value is -1.47. The van der Waals surface area contributed by atoms with Crippen LogP contribution in [0.25, 0.3) is 0 Å². The molecule has 6 nitrogen and oxygen atoms in total. The lowest BCUT2D eigenvalue weighted by Gasteiger charge is -2.58. The number of rotatable bonds is 6. The molecule has 0 spiro atoms. The highest BCUT2D eigenvalue weighted by Gasteiger charge is 2.54. The number of anilines is 1.